The van der Waals surface area contributed by atoms with Crippen LogP contribution in [0.25, 0.3) is 11.1 Å². The number of primary amides is 1. The Hall–Kier alpha value is -2.74. The van der Waals surface area contributed by atoms with Crippen LogP contribution in [-0.4, -0.2) is 54.8 Å². The zero-order chi connectivity index (χ0) is 22.2. The van der Waals surface area contributed by atoms with Gasteiger partial charge >= 0.3 is 6.08 Å². The molecule has 2 aliphatic heterocycles. The number of hydrogen-bond donors (Lipinski definition) is 1. The highest BCUT2D eigenvalue weighted by Crippen LogP contribution is 2.39. The average Bonchev–Trinajstić information content (AvgIpc) is 2.73. The Kier molecular flexibility index (Phi) is 5.83. The molecule has 2 N–H and O–H groups in total. The molecule has 3 heterocycles. The topological polar surface area (TPSA) is 84.6 Å². The number of morpholine rings is 1. The predicted molar refractivity (Wildman–Crippen MR) is 119 cm³/mol. The van der Waals surface area contributed by atoms with Crippen molar-refractivity contribution in [2.45, 2.75) is 39.7 Å². The van der Waals surface area contributed by atoms with Gasteiger partial charge < -0.3 is 20.3 Å². The van der Waals surface area contributed by atoms with Crippen LogP contribution in [0.4, 0.5) is 15.8 Å². The summed E-state index contributed by atoms with van der Waals surface area (Å²) < 4.78 is 19.3. The quantitative estimate of drug-likeness (QED) is 0.754. The van der Waals surface area contributed by atoms with Crippen LogP contribution >= 0.6 is 0 Å². The minimum Gasteiger partial charge on any atom is -0.375 e. The number of benzene rings is 1. The maximum absolute atomic E-state index is 13.6. The van der Waals surface area contributed by atoms with Gasteiger partial charge in [0, 0.05) is 54.9 Å². The highest BCUT2D eigenvalue weighted by Gasteiger charge is 2.28. The second-order valence-electron chi connectivity index (χ2n) is 9.25. The normalized spacial score (nSPS) is 21.2. The van der Waals surface area contributed by atoms with Gasteiger partial charge in [0.15, 0.2) is 0 Å². The van der Waals surface area contributed by atoms with E-state index < -0.39 is 12.0 Å². The molecule has 31 heavy (non-hydrogen) atoms. The fraction of sp³-hybridized carbons (Fsp3) is 0.522. The highest BCUT2D eigenvalue weighted by molar-refractivity contribution is 5.99. The second kappa shape index (κ2) is 8.42. The van der Waals surface area contributed by atoms with Gasteiger partial charge in [-0.05, 0) is 37.3 Å². The molecule has 0 aliphatic carbocycles. The Morgan fingerprint density at radius 2 is 1.94 bits per heavy atom. The molecule has 1 unspecified atom stereocenters. The fourth-order valence-electron chi connectivity index (χ4n) is 4.36. The molecule has 2 aromatic rings. The fourth-order valence-corrected chi connectivity index (χ4v) is 4.36. The summed E-state index contributed by atoms with van der Waals surface area (Å²) in [7, 11) is 0. The summed E-state index contributed by atoms with van der Waals surface area (Å²) in [5, 5.41) is 0. The standard InChI is InChI=1S/C23H30FN5O2/c1-15-14-29(10-11-31-15)16-4-5-17(18-13-26-22(24)27-20(18)21(25)30)19(12-16)28-8-6-23(2,3)7-9-28/h4-5,12-13,15H,6-11,14H2,1-3H3,(H2,25,30). The van der Waals surface area contributed by atoms with Crippen molar-refractivity contribution in [1.82, 2.24) is 9.97 Å². The van der Waals surface area contributed by atoms with Gasteiger partial charge in [0.1, 0.15) is 5.69 Å². The maximum Gasteiger partial charge on any atom is 0.309 e. The number of piperidine rings is 1. The molecule has 2 saturated heterocycles. The molecule has 0 saturated carbocycles. The van der Waals surface area contributed by atoms with Crippen molar-refractivity contribution < 1.29 is 13.9 Å². The number of carbonyl (C=O) groups is 1. The Morgan fingerprint density at radius 1 is 1.19 bits per heavy atom. The second-order valence-corrected chi connectivity index (χ2v) is 9.25. The third kappa shape index (κ3) is 4.63. The number of rotatable bonds is 4. The van der Waals surface area contributed by atoms with E-state index in [1.165, 1.54) is 6.20 Å². The lowest BCUT2D eigenvalue weighted by Crippen LogP contribution is -2.41. The van der Waals surface area contributed by atoms with Crippen molar-refractivity contribution in [2.24, 2.45) is 11.1 Å². The Labute approximate surface area is 182 Å². The molecule has 1 atom stereocenters. The minimum atomic E-state index is -0.960. The first-order valence-corrected chi connectivity index (χ1v) is 10.8. The first-order valence-electron chi connectivity index (χ1n) is 10.8. The average molecular weight is 428 g/mol. The molecule has 2 fully saturated rings. The Balaban J connectivity index is 1.79. The summed E-state index contributed by atoms with van der Waals surface area (Å²) >= 11 is 0. The first kappa shape index (κ1) is 21.5. The predicted octanol–water partition coefficient (Wildman–Crippen LogP) is 3.23. The number of aromatic nitrogens is 2. The van der Waals surface area contributed by atoms with Gasteiger partial charge in [-0.1, -0.05) is 19.9 Å². The van der Waals surface area contributed by atoms with Gasteiger partial charge in [-0.2, -0.15) is 9.37 Å². The molecule has 2 aliphatic rings. The van der Waals surface area contributed by atoms with Crippen LogP contribution in [0.15, 0.2) is 24.4 Å². The van der Waals surface area contributed by atoms with Crippen molar-refractivity contribution in [3.63, 3.8) is 0 Å². The summed E-state index contributed by atoms with van der Waals surface area (Å²) in [6.45, 7) is 10.8. The number of nitrogens with two attached hydrogens (primary N) is 1. The van der Waals surface area contributed by atoms with E-state index in [0.717, 1.165) is 56.0 Å². The van der Waals surface area contributed by atoms with Crippen LogP contribution in [0.5, 0.6) is 0 Å². The minimum absolute atomic E-state index is 0.0983. The molecular formula is C23H30FN5O2. The summed E-state index contributed by atoms with van der Waals surface area (Å²) in [6.07, 6.45) is 2.69. The largest absolute Gasteiger partial charge is 0.375 e. The van der Waals surface area contributed by atoms with Crippen LogP contribution in [-0.2, 0) is 4.74 Å². The highest BCUT2D eigenvalue weighted by atomic mass is 19.1. The van der Waals surface area contributed by atoms with Crippen LogP contribution in [0.2, 0.25) is 0 Å². The third-order valence-electron chi connectivity index (χ3n) is 6.33. The molecule has 4 rings (SSSR count). The van der Waals surface area contributed by atoms with Gasteiger partial charge in [-0.3, -0.25) is 4.79 Å². The van der Waals surface area contributed by atoms with Crippen molar-refractivity contribution in [1.29, 1.82) is 0 Å². The lowest BCUT2D eigenvalue weighted by atomic mass is 9.82. The smallest absolute Gasteiger partial charge is 0.309 e. The number of hydrogen-bond acceptors (Lipinski definition) is 6. The maximum atomic E-state index is 13.6. The zero-order valence-corrected chi connectivity index (χ0v) is 18.4. The summed E-state index contributed by atoms with van der Waals surface area (Å²) in [4.78, 5) is 24.0. The van der Waals surface area contributed by atoms with E-state index in [4.69, 9.17) is 10.5 Å². The number of halogens is 1. The molecule has 8 heteroatoms. The Bertz CT molecular complexity index is 970. The van der Waals surface area contributed by atoms with Crippen LogP contribution in [0.3, 0.4) is 0 Å². The molecule has 7 nitrogen and oxygen atoms in total. The van der Waals surface area contributed by atoms with Crippen molar-refractivity contribution in [3.8, 4) is 11.1 Å². The Morgan fingerprint density at radius 3 is 2.61 bits per heavy atom. The lowest BCUT2D eigenvalue weighted by molar-refractivity contribution is 0.0532. The van der Waals surface area contributed by atoms with E-state index in [-0.39, 0.29) is 11.8 Å². The molecule has 0 radical (unpaired) electrons. The number of carbonyl (C=O) groups excluding carboxylic acids is 1. The molecular weight excluding hydrogens is 397 g/mol. The van der Waals surface area contributed by atoms with E-state index in [2.05, 4.69) is 46.6 Å². The van der Waals surface area contributed by atoms with E-state index in [1.54, 1.807) is 0 Å². The summed E-state index contributed by atoms with van der Waals surface area (Å²) in [6, 6.07) is 6.15. The van der Waals surface area contributed by atoms with Crippen molar-refractivity contribution in [3.05, 3.63) is 36.2 Å². The lowest BCUT2D eigenvalue weighted by Gasteiger charge is -2.40. The summed E-state index contributed by atoms with van der Waals surface area (Å²) in [5.41, 5.74) is 9.05. The number of ether oxygens (including phenoxy) is 1. The molecule has 1 aromatic heterocycles. The molecule has 0 spiro atoms. The van der Waals surface area contributed by atoms with Crippen molar-refractivity contribution >= 4 is 17.3 Å². The van der Waals surface area contributed by atoms with E-state index in [9.17, 15) is 9.18 Å². The molecule has 0 bridgehead atoms. The number of anilines is 2. The van der Waals surface area contributed by atoms with Gasteiger partial charge in [-0.25, -0.2) is 4.98 Å². The van der Waals surface area contributed by atoms with Crippen LogP contribution in [0.1, 0.15) is 44.1 Å². The van der Waals surface area contributed by atoms with E-state index >= 15 is 0 Å². The molecule has 1 aromatic carbocycles. The van der Waals surface area contributed by atoms with E-state index in [1.807, 2.05) is 12.1 Å². The monoisotopic (exact) mass is 427 g/mol. The SMILES string of the molecule is CC1CN(c2ccc(-c3cnc(F)nc3C(N)=O)c(N3CCC(C)(C)CC3)c2)CCO1. The van der Waals surface area contributed by atoms with Crippen molar-refractivity contribution in [2.75, 3.05) is 42.6 Å². The molecule has 166 valence electrons. The van der Waals surface area contributed by atoms with Crippen LogP contribution < -0.4 is 15.5 Å². The molecule has 1 amide bonds. The number of nitrogens with zero attached hydrogens (tertiary/aromatic N) is 4. The van der Waals surface area contributed by atoms with Gasteiger partial charge in [0.05, 0.1) is 12.7 Å². The van der Waals surface area contributed by atoms with Crippen LogP contribution in [0, 0.1) is 11.5 Å². The van der Waals surface area contributed by atoms with Gasteiger partial charge in [0.25, 0.3) is 5.91 Å². The first-order chi connectivity index (χ1) is 14.7. The van der Waals surface area contributed by atoms with E-state index in [0.29, 0.717) is 17.6 Å². The van der Waals surface area contributed by atoms with Gasteiger partial charge in [0.2, 0.25) is 0 Å². The third-order valence-corrected chi connectivity index (χ3v) is 6.33. The zero-order valence-electron chi connectivity index (χ0n) is 18.4. The van der Waals surface area contributed by atoms with Gasteiger partial charge in [-0.15, -0.1) is 0 Å². The number of amides is 1. The summed E-state index contributed by atoms with van der Waals surface area (Å²) in [5.74, 6) is -0.770.